The molecule has 1 amide bonds. The topological polar surface area (TPSA) is 58.1 Å². The van der Waals surface area contributed by atoms with Crippen molar-refractivity contribution in [2.75, 3.05) is 17.3 Å². The molecule has 2 aromatic carbocycles. The Morgan fingerprint density at radius 2 is 1.77 bits per heavy atom. The Bertz CT molecular complexity index is 944. The van der Waals surface area contributed by atoms with Crippen molar-refractivity contribution in [1.29, 1.82) is 0 Å². The maximum absolute atomic E-state index is 12.6. The number of halogens is 1. The first-order chi connectivity index (χ1) is 12.4. The maximum Gasteiger partial charge on any atom is 0.274 e. The minimum Gasteiger partial charge on any atom is -0.329 e. The minimum atomic E-state index is -0.307. The summed E-state index contributed by atoms with van der Waals surface area (Å²) in [6, 6.07) is 16.9. The molecule has 1 heterocycles. The molecule has 3 rings (SSSR count). The van der Waals surface area contributed by atoms with Crippen LogP contribution in [0.4, 0.5) is 17.2 Å². The summed E-state index contributed by atoms with van der Waals surface area (Å²) in [6.07, 6.45) is 0. The number of anilines is 3. The van der Waals surface area contributed by atoms with Gasteiger partial charge in [-0.2, -0.15) is 0 Å². The van der Waals surface area contributed by atoms with Gasteiger partial charge in [0.25, 0.3) is 5.91 Å². The maximum atomic E-state index is 12.6. The van der Waals surface area contributed by atoms with Gasteiger partial charge in [0.2, 0.25) is 0 Å². The van der Waals surface area contributed by atoms with E-state index in [1.807, 2.05) is 61.3 Å². The third-order valence-corrected chi connectivity index (χ3v) is 4.38. The van der Waals surface area contributed by atoms with Gasteiger partial charge < -0.3 is 10.2 Å². The molecule has 0 aliphatic carbocycles. The lowest BCUT2D eigenvalue weighted by atomic mass is 10.2. The fourth-order valence-electron chi connectivity index (χ4n) is 2.49. The average molecular weight is 367 g/mol. The Hall–Kier alpha value is -2.92. The van der Waals surface area contributed by atoms with Gasteiger partial charge in [0, 0.05) is 29.5 Å². The predicted octanol–water partition coefficient (Wildman–Crippen LogP) is 4.77. The summed E-state index contributed by atoms with van der Waals surface area (Å²) < 4.78 is 0. The number of rotatable bonds is 4. The highest BCUT2D eigenvalue weighted by Gasteiger charge is 2.14. The summed E-state index contributed by atoms with van der Waals surface area (Å²) in [4.78, 5) is 23.2. The average Bonchev–Trinajstić information content (AvgIpc) is 2.64. The van der Waals surface area contributed by atoms with Crippen LogP contribution >= 0.6 is 11.6 Å². The Kier molecular flexibility index (Phi) is 5.19. The van der Waals surface area contributed by atoms with Crippen LogP contribution in [0, 0.1) is 13.8 Å². The normalized spacial score (nSPS) is 10.5. The van der Waals surface area contributed by atoms with Crippen LogP contribution in [0.15, 0.2) is 54.6 Å². The van der Waals surface area contributed by atoms with E-state index in [1.165, 1.54) is 0 Å². The number of carbonyl (C=O) groups is 1. The van der Waals surface area contributed by atoms with Gasteiger partial charge in [-0.25, -0.2) is 9.97 Å². The van der Waals surface area contributed by atoms with Crippen LogP contribution in [0.3, 0.4) is 0 Å². The molecule has 132 valence electrons. The highest BCUT2D eigenvalue weighted by atomic mass is 35.5. The smallest absolute Gasteiger partial charge is 0.274 e. The third-order valence-electron chi connectivity index (χ3n) is 3.97. The molecular weight excluding hydrogens is 348 g/mol. The fourth-order valence-corrected chi connectivity index (χ4v) is 2.67. The van der Waals surface area contributed by atoms with Crippen LogP contribution in [0.5, 0.6) is 0 Å². The van der Waals surface area contributed by atoms with Crippen LogP contribution in [0.2, 0.25) is 5.02 Å². The van der Waals surface area contributed by atoms with Crippen molar-refractivity contribution < 1.29 is 4.79 Å². The van der Waals surface area contributed by atoms with Crippen LogP contribution in [0.1, 0.15) is 21.9 Å². The minimum absolute atomic E-state index is 0.298. The van der Waals surface area contributed by atoms with Gasteiger partial charge in [-0.1, -0.05) is 35.9 Å². The lowest BCUT2D eigenvalue weighted by Gasteiger charge is -2.19. The molecule has 0 radical (unpaired) electrons. The molecule has 0 aliphatic heterocycles. The van der Waals surface area contributed by atoms with E-state index in [-0.39, 0.29) is 5.91 Å². The van der Waals surface area contributed by atoms with E-state index >= 15 is 0 Å². The van der Waals surface area contributed by atoms with E-state index in [0.29, 0.717) is 28.0 Å². The van der Waals surface area contributed by atoms with Crippen molar-refractivity contribution in [3.8, 4) is 0 Å². The van der Waals surface area contributed by atoms with E-state index < -0.39 is 0 Å². The lowest BCUT2D eigenvalue weighted by molar-refractivity contribution is 0.102. The number of benzene rings is 2. The second kappa shape index (κ2) is 7.54. The van der Waals surface area contributed by atoms with Crippen LogP contribution < -0.4 is 10.2 Å². The van der Waals surface area contributed by atoms with Gasteiger partial charge >= 0.3 is 0 Å². The third kappa shape index (κ3) is 4.00. The van der Waals surface area contributed by atoms with Crippen LogP contribution in [0.25, 0.3) is 0 Å². The molecule has 1 aromatic heterocycles. The molecule has 0 fully saturated rings. The second-order valence-corrected chi connectivity index (χ2v) is 6.38. The van der Waals surface area contributed by atoms with Gasteiger partial charge in [-0.3, -0.25) is 4.79 Å². The van der Waals surface area contributed by atoms with Crippen molar-refractivity contribution in [2.45, 2.75) is 13.8 Å². The molecule has 1 N–H and O–H groups in total. The first-order valence-electron chi connectivity index (χ1n) is 8.16. The number of nitrogens with one attached hydrogen (secondary N) is 1. The largest absolute Gasteiger partial charge is 0.329 e. The van der Waals surface area contributed by atoms with Gasteiger partial charge in [-0.05, 0) is 43.7 Å². The SMILES string of the molecule is Cc1nc(C(=O)Nc2ccc(C)c(Cl)c2)cc(N(C)c2ccccc2)n1. The Labute approximate surface area is 157 Å². The zero-order valence-electron chi connectivity index (χ0n) is 14.8. The summed E-state index contributed by atoms with van der Waals surface area (Å²) in [6.45, 7) is 3.68. The zero-order chi connectivity index (χ0) is 18.7. The van der Waals surface area contributed by atoms with Gasteiger partial charge in [0.05, 0.1) is 0 Å². The summed E-state index contributed by atoms with van der Waals surface area (Å²) in [5.41, 5.74) is 2.85. The quantitative estimate of drug-likeness (QED) is 0.722. The van der Waals surface area contributed by atoms with E-state index in [4.69, 9.17) is 11.6 Å². The van der Waals surface area contributed by atoms with Crippen LogP contribution in [-0.4, -0.2) is 22.9 Å². The first-order valence-corrected chi connectivity index (χ1v) is 8.54. The number of nitrogens with zero attached hydrogens (tertiary/aromatic N) is 3. The summed E-state index contributed by atoms with van der Waals surface area (Å²) >= 11 is 6.12. The number of hydrogen-bond donors (Lipinski definition) is 1. The molecule has 3 aromatic rings. The molecule has 0 saturated heterocycles. The molecule has 26 heavy (non-hydrogen) atoms. The first kappa shape index (κ1) is 17.9. The molecule has 0 unspecified atom stereocenters. The molecule has 0 spiro atoms. The molecule has 5 nitrogen and oxygen atoms in total. The molecular formula is C20H19ClN4O. The summed E-state index contributed by atoms with van der Waals surface area (Å²) in [5.74, 6) is 0.867. The summed E-state index contributed by atoms with van der Waals surface area (Å²) in [7, 11) is 1.90. The number of aryl methyl sites for hydroxylation is 2. The Morgan fingerprint density at radius 3 is 2.46 bits per heavy atom. The molecule has 0 aliphatic rings. The number of aromatic nitrogens is 2. The Morgan fingerprint density at radius 1 is 1.04 bits per heavy atom. The lowest BCUT2D eigenvalue weighted by Crippen LogP contribution is -2.18. The molecule has 0 saturated carbocycles. The number of hydrogen-bond acceptors (Lipinski definition) is 4. The molecule has 0 bridgehead atoms. The number of amides is 1. The Balaban J connectivity index is 1.87. The zero-order valence-corrected chi connectivity index (χ0v) is 15.6. The number of carbonyl (C=O) groups excluding carboxylic acids is 1. The van der Waals surface area contributed by atoms with Crippen molar-refractivity contribution in [3.63, 3.8) is 0 Å². The van der Waals surface area contributed by atoms with Gasteiger partial charge in [-0.15, -0.1) is 0 Å². The van der Waals surface area contributed by atoms with E-state index in [9.17, 15) is 4.79 Å². The van der Waals surface area contributed by atoms with E-state index in [2.05, 4.69) is 15.3 Å². The monoisotopic (exact) mass is 366 g/mol. The summed E-state index contributed by atoms with van der Waals surface area (Å²) in [5, 5.41) is 3.43. The van der Waals surface area contributed by atoms with Crippen molar-refractivity contribution >= 4 is 34.7 Å². The predicted molar refractivity (Wildman–Crippen MR) is 105 cm³/mol. The van der Waals surface area contributed by atoms with Crippen molar-refractivity contribution in [2.24, 2.45) is 0 Å². The van der Waals surface area contributed by atoms with Gasteiger partial charge in [0.1, 0.15) is 17.3 Å². The van der Waals surface area contributed by atoms with E-state index in [1.54, 1.807) is 19.1 Å². The van der Waals surface area contributed by atoms with Crippen molar-refractivity contribution in [3.05, 3.63) is 76.7 Å². The van der Waals surface area contributed by atoms with Crippen molar-refractivity contribution in [1.82, 2.24) is 9.97 Å². The highest BCUT2D eigenvalue weighted by molar-refractivity contribution is 6.31. The number of para-hydroxylation sites is 1. The second-order valence-electron chi connectivity index (χ2n) is 5.97. The fraction of sp³-hybridized carbons (Fsp3) is 0.150. The standard InChI is InChI=1S/C20H19ClN4O/c1-13-9-10-15(11-17(13)21)24-20(26)18-12-19(23-14(2)22-18)25(3)16-7-5-4-6-8-16/h4-12H,1-3H3,(H,24,26). The highest BCUT2D eigenvalue weighted by Crippen LogP contribution is 2.23. The van der Waals surface area contributed by atoms with Gasteiger partial charge in [0.15, 0.2) is 0 Å². The van der Waals surface area contributed by atoms with E-state index in [0.717, 1.165) is 11.3 Å². The van der Waals surface area contributed by atoms with Crippen LogP contribution in [-0.2, 0) is 0 Å². The molecule has 0 atom stereocenters. The molecule has 6 heteroatoms.